The maximum atomic E-state index is 13.2. The number of carbonyl (C=O) groups is 2. The molecule has 0 spiro atoms. The predicted molar refractivity (Wildman–Crippen MR) is 105 cm³/mol. The summed E-state index contributed by atoms with van der Waals surface area (Å²) in [6.45, 7) is 2.97. The van der Waals surface area contributed by atoms with E-state index in [9.17, 15) is 9.59 Å². The van der Waals surface area contributed by atoms with E-state index < -0.39 is 0 Å². The Balaban J connectivity index is 1.70. The van der Waals surface area contributed by atoms with Gasteiger partial charge in [0.1, 0.15) is 5.75 Å². The zero-order valence-electron chi connectivity index (χ0n) is 16.2. The van der Waals surface area contributed by atoms with Crippen molar-refractivity contribution in [2.75, 3.05) is 20.2 Å². The highest BCUT2D eigenvalue weighted by molar-refractivity contribution is 5.94. The minimum Gasteiger partial charge on any atom is -0.497 e. The number of aromatic nitrogens is 1. The van der Waals surface area contributed by atoms with Gasteiger partial charge in [-0.15, -0.1) is 0 Å². The van der Waals surface area contributed by atoms with Crippen molar-refractivity contribution in [1.82, 2.24) is 14.8 Å². The minimum absolute atomic E-state index is 0.000247. The molecule has 2 aromatic rings. The second-order valence-electron chi connectivity index (χ2n) is 7.49. The number of hydrogen-bond donors (Lipinski definition) is 0. The van der Waals surface area contributed by atoms with Crippen LogP contribution in [0.25, 0.3) is 0 Å². The first-order valence-corrected chi connectivity index (χ1v) is 9.72. The summed E-state index contributed by atoms with van der Waals surface area (Å²) in [6, 6.07) is 11.6. The Morgan fingerprint density at radius 1 is 1.14 bits per heavy atom. The van der Waals surface area contributed by atoms with Crippen LogP contribution >= 0.6 is 0 Å². The molecule has 2 fully saturated rings. The first-order valence-electron chi connectivity index (χ1n) is 9.72. The SMILES string of the molecule is COc1ccc([C@H]2CN(C(=O)c3cccnc3)[C@@H]3CCCN(C(C)=O)[C@H]23)cc1. The molecule has 2 aliphatic rings. The van der Waals surface area contributed by atoms with Crippen LogP contribution in [0.5, 0.6) is 5.75 Å². The molecule has 3 atom stereocenters. The molecule has 2 saturated heterocycles. The Hall–Kier alpha value is -2.89. The third-order valence-electron chi connectivity index (χ3n) is 5.98. The van der Waals surface area contributed by atoms with Gasteiger partial charge in [-0.1, -0.05) is 12.1 Å². The third-order valence-corrected chi connectivity index (χ3v) is 5.98. The molecule has 0 N–H and O–H groups in total. The van der Waals surface area contributed by atoms with E-state index >= 15 is 0 Å². The molecule has 2 aliphatic heterocycles. The fraction of sp³-hybridized carbons (Fsp3) is 0.409. The van der Waals surface area contributed by atoms with Gasteiger partial charge in [0.2, 0.25) is 5.91 Å². The lowest BCUT2D eigenvalue weighted by Gasteiger charge is -2.41. The second-order valence-corrected chi connectivity index (χ2v) is 7.49. The van der Waals surface area contributed by atoms with Crippen LogP contribution in [-0.2, 0) is 4.79 Å². The van der Waals surface area contributed by atoms with Crippen LogP contribution in [0.15, 0.2) is 48.8 Å². The molecule has 2 amide bonds. The molecule has 0 aliphatic carbocycles. The van der Waals surface area contributed by atoms with Crippen molar-refractivity contribution in [3.8, 4) is 5.75 Å². The quantitative estimate of drug-likeness (QED) is 0.823. The summed E-state index contributed by atoms with van der Waals surface area (Å²) in [6.07, 6.45) is 5.10. The number of benzene rings is 1. The molecule has 1 aromatic heterocycles. The summed E-state index contributed by atoms with van der Waals surface area (Å²) in [5.74, 6) is 0.947. The van der Waals surface area contributed by atoms with Crippen molar-refractivity contribution in [3.05, 3.63) is 59.9 Å². The highest BCUT2D eigenvalue weighted by Crippen LogP contribution is 2.41. The molecule has 6 nitrogen and oxygen atoms in total. The summed E-state index contributed by atoms with van der Waals surface area (Å²) in [7, 11) is 1.65. The van der Waals surface area contributed by atoms with Gasteiger partial charge in [-0.05, 0) is 42.7 Å². The first-order chi connectivity index (χ1) is 13.6. The number of hydrogen-bond acceptors (Lipinski definition) is 4. The maximum Gasteiger partial charge on any atom is 0.255 e. The molecule has 3 heterocycles. The Labute approximate surface area is 165 Å². The number of piperidine rings is 1. The van der Waals surface area contributed by atoms with Gasteiger partial charge in [0.05, 0.1) is 24.8 Å². The van der Waals surface area contributed by atoms with Crippen molar-refractivity contribution in [3.63, 3.8) is 0 Å². The molecular formula is C22H25N3O3. The largest absolute Gasteiger partial charge is 0.497 e. The second kappa shape index (κ2) is 7.62. The van der Waals surface area contributed by atoms with E-state index in [4.69, 9.17) is 4.74 Å². The number of amides is 2. The van der Waals surface area contributed by atoms with Gasteiger partial charge in [0.25, 0.3) is 5.91 Å². The van der Waals surface area contributed by atoms with Gasteiger partial charge < -0.3 is 14.5 Å². The average Bonchev–Trinajstić information content (AvgIpc) is 3.13. The number of nitrogens with zero attached hydrogens (tertiary/aromatic N) is 3. The lowest BCUT2D eigenvalue weighted by atomic mass is 9.86. The lowest BCUT2D eigenvalue weighted by Crippen LogP contribution is -2.53. The summed E-state index contributed by atoms with van der Waals surface area (Å²) in [4.78, 5) is 33.6. The molecule has 0 bridgehead atoms. The molecule has 0 unspecified atom stereocenters. The molecule has 6 heteroatoms. The molecule has 0 radical (unpaired) electrons. The zero-order valence-corrected chi connectivity index (χ0v) is 16.2. The fourth-order valence-corrected chi connectivity index (χ4v) is 4.69. The highest BCUT2D eigenvalue weighted by atomic mass is 16.5. The van der Waals surface area contributed by atoms with Crippen LogP contribution in [0, 0.1) is 0 Å². The summed E-state index contributed by atoms with van der Waals surface area (Å²) >= 11 is 0. The van der Waals surface area contributed by atoms with Crippen molar-refractivity contribution < 1.29 is 14.3 Å². The number of likely N-dealkylation sites (tertiary alicyclic amines) is 2. The van der Waals surface area contributed by atoms with Crippen LogP contribution in [0.4, 0.5) is 0 Å². The van der Waals surface area contributed by atoms with E-state index in [0.29, 0.717) is 12.1 Å². The van der Waals surface area contributed by atoms with Crippen molar-refractivity contribution >= 4 is 11.8 Å². The van der Waals surface area contributed by atoms with E-state index in [1.807, 2.05) is 34.1 Å². The van der Waals surface area contributed by atoms with Gasteiger partial charge in [0, 0.05) is 38.3 Å². The molecule has 1 aromatic carbocycles. The number of methoxy groups -OCH3 is 1. The number of fused-ring (bicyclic) bond motifs is 1. The third kappa shape index (κ3) is 3.23. The number of ether oxygens (including phenoxy) is 1. The summed E-state index contributed by atoms with van der Waals surface area (Å²) in [5, 5.41) is 0. The molecule has 28 heavy (non-hydrogen) atoms. The van der Waals surface area contributed by atoms with E-state index in [0.717, 1.165) is 30.7 Å². The molecule has 0 saturated carbocycles. The van der Waals surface area contributed by atoms with Crippen LogP contribution in [-0.4, -0.2) is 58.9 Å². The minimum atomic E-state index is -0.00971. The Morgan fingerprint density at radius 2 is 1.93 bits per heavy atom. The predicted octanol–water partition coefficient (Wildman–Crippen LogP) is 2.71. The topological polar surface area (TPSA) is 62.7 Å². The van der Waals surface area contributed by atoms with Gasteiger partial charge in [-0.2, -0.15) is 0 Å². The maximum absolute atomic E-state index is 13.2. The van der Waals surface area contributed by atoms with Crippen molar-refractivity contribution in [2.45, 2.75) is 37.8 Å². The van der Waals surface area contributed by atoms with E-state index in [-0.39, 0.29) is 29.8 Å². The van der Waals surface area contributed by atoms with E-state index in [2.05, 4.69) is 4.98 Å². The fourth-order valence-electron chi connectivity index (χ4n) is 4.69. The first kappa shape index (κ1) is 18.5. The molecule has 4 rings (SSSR count). The molecular weight excluding hydrogens is 354 g/mol. The Kier molecular flexibility index (Phi) is 5.03. The van der Waals surface area contributed by atoms with Crippen LogP contribution in [0.2, 0.25) is 0 Å². The normalized spacial score (nSPS) is 24.0. The zero-order chi connectivity index (χ0) is 19.7. The van der Waals surface area contributed by atoms with Crippen LogP contribution in [0.3, 0.4) is 0 Å². The van der Waals surface area contributed by atoms with Crippen LogP contribution in [0.1, 0.15) is 41.6 Å². The van der Waals surface area contributed by atoms with Gasteiger partial charge in [-0.3, -0.25) is 14.6 Å². The van der Waals surface area contributed by atoms with Gasteiger partial charge in [-0.25, -0.2) is 0 Å². The lowest BCUT2D eigenvalue weighted by molar-refractivity contribution is -0.133. The van der Waals surface area contributed by atoms with Gasteiger partial charge >= 0.3 is 0 Å². The number of pyridine rings is 1. The van der Waals surface area contributed by atoms with E-state index in [1.165, 1.54) is 0 Å². The van der Waals surface area contributed by atoms with Crippen molar-refractivity contribution in [1.29, 1.82) is 0 Å². The Bertz CT molecular complexity index is 853. The smallest absolute Gasteiger partial charge is 0.255 e. The van der Waals surface area contributed by atoms with Crippen LogP contribution < -0.4 is 4.74 Å². The monoisotopic (exact) mass is 379 g/mol. The average molecular weight is 379 g/mol. The van der Waals surface area contributed by atoms with Gasteiger partial charge in [0.15, 0.2) is 0 Å². The number of rotatable bonds is 3. The van der Waals surface area contributed by atoms with Crippen molar-refractivity contribution in [2.24, 2.45) is 0 Å². The highest BCUT2D eigenvalue weighted by Gasteiger charge is 2.49. The summed E-state index contributed by atoms with van der Waals surface area (Å²) in [5.41, 5.74) is 1.72. The molecule has 146 valence electrons. The number of carbonyl (C=O) groups excluding carboxylic acids is 2. The summed E-state index contributed by atoms with van der Waals surface area (Å²) < 4.78 is 5.28. The van der Waals surface area contributed by atoms with E-state index in [1.54, 1.807) is 38.6 Å². The standard InChI is InChI=1S/C22H25N3O3/c1-15(26)24-12-4-6-20-21(24)19(16-7-9-18(28-2)10-8-16)14-25(20)22(27)17-5-3-11-23-13-17/h3,5,7-11,13,19-21H,4,6,12,14H2,1-2H3/t19-,20-,21-/m1/s1. The Morgan fingerprint density at radius 3 is 2.57 bits per heavy atom.